The summed E-state index contributed by atoms with van der Waals surface area (Å²) < 4.78 is 10.5. The van der Waals surface area contributed by atoms with Crippen LogP contribution in [0.4, 0.5) is 4.79 Å². The van der Waals surface area contributed by atoms with Crippen LogP contribution in [0.2, 0.25) is 0 Å². The predicted octanol–water partition coefficient (Wildman–Crippen LogP) is 1.67. The molecule has 3 heterocycles. The molecule has 1 saturated carbocycles. The van der Waals surface area contributed by atoms with Crippen LogP contribution < -0.4 is 0 Å². The van der Waals surface area contributed by atoms with Crippen LogP contribution in [0.1, 0.15) is 51.4 Å². The lowest BCUT2D eigenvalue weighted by Crippen LogP contribution is -2.58. The Hall–Kier alpha value is -1.42. The van der Waals surface area contributed by atoms with Gasteiger partial charge in [-0.2, -0.15) is 0 Å². The lowest BCUT2D eigenvalue weighted by atomic mass is 9.94. The summed E-state index contributed by atoms with van der Waals surface area (Å²) in [7, 11) is 3.23. The number of rotatable bonds is 9. The molecular weight excluding hydrogens is 434 g/mol. The van der Waals surface area contributed by atoms with E-state index in [0.717, 1.165) is 45.1 Å². The maximum Gasteiger partial charge on any atom is 0.411 e. The smallest absolute Gasteiger partial charge is 0.411 e. The maximum absolute atomic E-state index is 11.9. The van der Waals surface area contributed by atoms with Crippen LogP contribution in [0.15, 0.2) is 0 Å². The minimum Gasteiger partial charge on any atom is -0.468 e. The van der Waals surface area contributed by atoms with Crippen molar-refractivity contribution < 1.29 is 19.1 Å². The molecule has 3 aliphatic heterocycles. The first kappa shape index (κ1) is 25.7. The van der Waals surface area contributed by atoms with Crippen molar-refractivity contribution in [3.05, 3.63) is 0 Å². The van der Waals surface area contributed by atoms with Gasteiger partial charge < -0.3 is 19.3 Å². The number of carbonyl (C=O) groups is 2. The summed E-state index contributed by atoms with van der Waals surface area (Å²) in [6.45, 7) is 9.35. The Morgan fingerprint density at radius 3 is 2.38 bits per heavy atom. The van der Waals surface area contributed by atoms with Gasteiger partial charge in [0, 0.05) is 64.9 Å². The van der Waals surface area contributed by atoms with Gasteiger partial charge in [0.05, 0.1) is 20.2 Å². The van der Waals surface area contributed by atoms with E-state index in [4.69, 9.17) is 9.47 Å². The summed E-state index contributed by atoms with van der Waals surface area (Å²) in [5, 5.41) is 0. The molecule has 1 amide bonds. The molecule has 2 unspecified atom stereocenters. The Morgan fingerprint density at radius 1 is 0.971 bits per heavy atom. The Balaban J connectivity index is 1.21. The fourth-order valence-electron chi connectivity index (χ4n) is 6.20. The number of esters is 1. The molecular formula is C25H45N5O4. The minimum absolute atomic E-state index is 0.185. The molecule has 1 aliphatic carbocycles. The van der Waals surface area contributed by atoms with Gasteiger partial charge in [0.25, 0.3) is 0 Å². The van der Waals surface area contributed by atoms with Gasteiger partial charge in [0.1, 0.15) is 0 Å². The first-order chi connectivity index (χ1) is 16.5. The topological polar surface area (TPSA) is 68.8 Å². The third-order valence-corrected chi connectivity index (χ3v) is 8.30. The van der Waals surface area contributed by atoms with Gasteiger partial charge in [-0.25, -0.2) is 4.79 Å². The zero-order chi connectivity index (χ0) is 23.9. The largest absolute Gasteiger partial charge is 0.468 e. The SMILES string of the molecule is COC(=O)CN1CCN(C2CN(C)C(=O)O2)C(CCCCN2CCN(C3CCCCC3)CC2)C1. The van der Waals surface area contributed by atoms with Crippen LogP contribution in [0.25, 0.3) is 0 Å². The Kier molecular flexibility index (Phi) is 9.45. The summed E-state index contributed by atoms with van der Waals surface area (Å²) in [5.74, 6) is -0.188. The van der Waals surface area contributed by atoms with E-state index in [2.05, 4.69) is 19.6 Å². The number of hydrogen-bond acceptors (Lipinski definition) is 8. The summed E-state index contributed by atoms with van der Waals surface area (Å²) in [5.41, 5.74) is 0. The molecule has 0 aromatic heterocycles. The molecule has 2 atom stereocenters. The van der Waals surface area contributed by atoms with Crippen molar-refractivity contribution in [1.29, 1.82) is 0 Å². The number of unbranched alkanes of at least 4 members (excludes halogenated alkanes) is 1. The van der Waals surface area contributed by atoms with Gasteiger partial charge in [-0.1, -0.05) is 25.7 Å². The summed E-state index contributed by atoms with van der Waals surface area (Å²) in [6, 6.07) is 1.12. The molecule has 4 rings (SSSR count). The highest BCUT2D eigenvalue weighted by atomic mass is 16.6. The van der Waals surface area contributed by atoms with Crippen molar-refractivity contribution in [3.8, 4) is 0 Å². The van der Waals surface area contributed by atoms with Crippen molar-refractivity contribution in [2.24, 2.45) is 0 Å². The highest BCUT2D eigenvalue weighted by Crippen LogP contribution is 2.25. The standard InChI is InChI=1S/C25H45N5O4/c1-26-19-23(34-25(26)32)30-17-14-28(20-24(31)33-2)18-22(30)10-6-7-11-27-12-15-29(16-13-27)21-8-4-3-5-9-21/h21-23H,3-20H2,1-2H3. The number of ether oxygens (including phenoxy) is 2. The average molecular weight is 480 g/mol. The van der Waals surface area contributed by atoms with E-state index in [-0.39, 0.29) is 24.3 Å². The van der Waals surface area contributed by atoms with Crippen LogP contribution >= 0.6 is 0 Å². The van der Waals surface area contributed by atoms with Crippen molar-refractivity contribution in [2.75, 3.05) is 79.6 Å². The van der Waals surface area contributed by atoms with Crippen molar-refractivity contribution in [3.63, 3.8) is 0 Å². The zero-order valence-corrected chi connectivity index (χ0v) is 21.3. The molecule has 0 spiro atoms. The Labute approximate surface area is 205 Å². The summed E-state index contributed by atoms with van der Waals surface area (Å²) in [6.07, 6.45) is 10.0. The lowest BCUT2D eigenvalue weighted by Gasteiger charge is -2.43. The predicted molar refractivity (Wildman–Crippen MR) is 131 cm³/mol. The van der Waals surface area contributed by atoms with Crippen LogP contribution in [0, 0.1) is 0 Å². The van der Waals surface area contributed by atoms with E-state index < -0.39 is 0 Å². The second kappa shape index (κ2) is 12.5. The van der Waals surface area contributed by atoms with E-state index in [0.29, 0.717) is 13.1 Å². The number of methoxy groups -OCH3 is 1. The molecule has 4 fully saturated rings. The van der Waals surface area contributed by atoms with E-state index in [1.165, 1.54) is 71.8 Å². The van der Waals surface area contributed by atoms with Crippen molar-refractivity contribution in [2.45, 2.75) is 69.7 Å². The van der Waals surface area contributed by atoms with Crippen LogP contribution in [0.5, 0.6) is 0 Å². The van der Waals surface area contributed by atoms with E-state index >= 15 is 0 Å². The van der Waals surface area contributed by atoms with E-state index in [1.807, 2.05) is 0 Å². The summed E-state index contributed by atoms with van der Waals surface area (Å²) >= 11 is 0. The molecule has 0 bridgehead atoms. The number of nitrogens with zero attached hydrogens (tertiary/aromatic N) is 5. The molecule has 0 aromatic rings. The average Bonchev–Trinajstić information content (AvgIpc) is 3.20. The zero-order valence-electron chi connectivity index (χ0n) is 21.3. The van der Waals surface area contributed by atoms with Crippen molar-refractivity contribution in [1.82, 2.24) is 24.5 Å². The Morgan fingerprint density at radius 2 is 1.71 bits per heavy atom. The number of carbonyl (C=O) groups excluding carboxylic acids is 2. The fraction of sp³-hybridized carbons (Fsp3) is 0.920. The molecule has 0 N–H and O–H groups in total. The molecule has 0 radical (unpaired) electrons. The second-order valence-electron chi connectivity index (χ2n) is 10.6. The second-order valence-corrected chi connectivity index (χ2v) is 10.6. The molecule has 34 heavy (non-hydrogen) atoms. The van der Waals surface area contributed by atoms with Crippen LogP contribution in [-0.4, -0.2) is 134 Å². The molecule has 9 nitrogen and oxygen atoms in total. The maximum atomic E-state index is 11.9. The van der Waals surface area contributed by atoms with E-state index in [9.17, 15) is 9.59 Å². The van der Waals surface area contributed by atoms with Crippen LogP contribution in [-0.2, 0) is 14.3 Å². The first-order valence-electron chi connectivity index (χ1n) is 13.5. The third-order valence-electron chi connectivity index (χ3n) is 8.30. The molecule has 3 saturated heterocycles. The van der Waals surface area contributed by atoms with Gasteiger partial charge in [-0.05, 0) is 32.2 Å². The molecule has 0 aromatic carbocycles. The number of amides is 1. The monoisotopic (exact) mass is 479 g/mol. The number of hydrogen-bond donors (Lipinski definition) is 0. The highest BCUT2D eigenvalue weighted by Gasteiger charge is 2.39. The normalized spacial score (nSPS) is 28.9. The van der Waals surface area contributed by atoms with Gasteiger partial charge >= 0.3 is 12.1 Å². The first-order valence-corrected chi connectivity index (χ1v) is 13.5. The van der Waals surface area contributed by atoms with Crippen molar-refractivity contribution >= 4 is 12.1 Å². The fourth-order valence-corrected chi connectivity index (χ4v) is 6.20. The van der Waals surface area contributed by atoms with Crippen LogP contribution in [0.3, 0.4) is 0 Å². The molecule has 4 aliphatic rings. The molecule has 194 valence electrons. The van der Waals surface area contributed by atoms with Gasteiger partial charge in [-0.3, -0.25) is 19.5 Å². The third kappa shape index (κ3) is 6.83. The summed E-state index contributed by atoms with van der Waals surface area (Å²) in [4.78, 5) is 35.3. The Bertz CT molecular complexity index is 666. The lowest BCUT2D eigenvalue weighted by molar-refractivity contribution is -0.143. The van der Waals surface area contributed by atoms with E-state index in [1.54, 1.807) is 11.9 Å². The minimum atomic E-state index is -0.242. The quantitative estimate of drug-likeness (QED) is 0.366. The molecule has 9 heteroatoms. The van der Waals surface area contributed by atoms with Gasteiger partial charge in [0.2, 0.25) is 0 Å². The number of cyclic esters (lactones) is 1. The van der Waals surface area contributed by atoms with Gasteiger partial charge in [0.15, 0.2) is 6.23 Å². The number of piperazine rings is 2. The number of likely N-dealkylation sites (N-methyl/N-ethyl adjacent to an activating group) is 1. The van der Waals surface area contributed by atoms with Gasteiger partial charge in [-0.15, -0.1) is 0 Å². The highest BCUT2D eigenvalue weighted by molar-refractivity contribution is 5.71.